The van der Waals surface area contributed by atoms with Crippen molar-refractivity contribution in [2.75, 3.05) is 11.9 Å². The van der Waals surface area contributed by atoms with Crippen molar-refractivity contribution < 1.29 is 9.53 Å². The summed E-state index contributed by atoms with van der Waals surface area (Å²) in [5.41, 5.74) is 3.66. The van der Waals surface area contributed by atoms with Crippen LogP contribution in [0.4, 0.5) is 5.69 Å². The zero-order valence-corrected chi connectivity index (χ0v) is 13.8. The highest BCUT2D eigenvalue weighted by atomic mass is 16.5. The Balaban J connectivity index is 1.69. The van der Waals surface area contributed by atoms with Crippen LogP contribution in [0.2, 0.25) is 0 Å². The van der Waals surface area contributed by atoms with Crippen LogP contribution in [0.3, 0.4) is 0 Å². The number of nitrogens with zero attached hydrogens (tertiary/aromatic N) is 1. The number of carbonyl (C=O) groups excluding carboxylic acids is 1. The molecule has 0 spiro atoms. The molecule has 0 aliphatic heterocycles. The zero-order valence-electron chi connectivity index (χ0n) is 13.8. The van der Waals surface area contributed by atoms with Gasteiger partial charge in [0.25, 0.3) is 5.91 Å². The first-order valence-corrected chi connectivity index (χ1v) is 8.26. The lowest BCUT2D eigenvalue weighted by Crippen LogP contribution is -2.38. The number of amides is 1. The second-order valence-electron chi connectivity index (χ2n) is 6.13. The number of ether oxygens (including phenoxy) is 1. The number of anilines is 1. The van der Waals surface area contributed by atoms with Crippen LogP contribution in [-0.4, -0.2) is 19.1 Å². The highest BCUT2D eigenvalue weighted by Gasteiger charge is 2.21. The van der Waals surface area contributed by atoms with E-state index < -0.39 is 6.10 Å². The molecule has 1 atom stereocenters. The smallest absolute Gasteiger partial charge is 0.267 e. The molecule has 0 heterocycles. The van der Waals surface area contributed by atoms with E-state index >= 15 is 0 Å². The summed E-state index contributed by atoms with van der Waals surface area (Å²) in [5.74, 6) is 0.738. The molecule has 0 fully saturated rings. The predicted molar refractivity (Wildman–Crippen MR) is 93.0 cm³/mol. The molecule has 23 heavy (non-hydrogen) atoms. The number of hydrogen-bond donors (Lipinski definition) is 0. The maximum atomic E-state index is 12.5. The van der Waals surface area contributed by atoms with Crippen LogP contribution in [-0.2, 0) is 17.6 Å². The van der Waals surface area contributed by atoms with Crippen LogP contribution in [0.25, 0.3) is 0 Å². The lowest BCUT2D eigenvalue weighted by atomic mass is 9.92. The van der Waals surface area contributed by atoms with Crippen molar-refractivity contribution in [1.29, 1.82) is 0 Å². The van der Waals surface area contributed by atoms with Gasteiger partial charge in [0.05, 0.1) is 0 Å². The molecule has 1 amide bonds. The highest BCUT2D eigenvalue weighted by molar-refractivity contribution is 5.95. The van der Waals surface area contributed by atoms with Crippen molar-refractivity contribution >= 4 is 11.6 Å². The molecule has 0 unspecified atom stereocenters. The van der Waals surface area contributed by atoms with Crippen LogP contribution in [0, 0.1) is 0 Å². The summed E-state index contributed by atoms with van der Waals surface area (Å²) < 4.78 is 5.89. The molecule has 3 nitrogen and oxygen atoms in total. The van der Waals surface area contributed by atoms with Crippen molar-refractivity contribution in [3.05, 3.63) is 59.7 Å². The molecular formula is C20H23NO2. The molecule has 2 aromatic rings. The first kappa shape index (κ1) is 15.6. The van der Waals surface area contributed by atoms with Crippen LogP contribution >= 0.6 is 0 Å². The number of benzene rings is 2. The summed E-state index contributed by atoms with van der Waals surface area (Å²) in [6.45, 7) is 1.81. The van der Waals surface area contributed by atoms with E-state index in [-0.39, 0.29) is 5.91 Å². The fourth-order valence-electron chi connectivity index (χ4n) is 3.09. The van der Waals surface area contributed by atoms with Crippen LogP contribution < -0.4 is 9.64 Å². The molecule has 1 aliphatic carbocycles. The van der Waals surface area contributed by atoms with Gasteiger partial charge >= 0.3 is 0 Å². The third-order valence-electron chi connectivity index (χ3n) is 4.45. The maximum Gasteiger partial charge on any atom is 0.267 e. The highest BCUT2D eigenvalue weighted by Crippen LogP contribution is 2.26. The molecule has 0 bridgehead atoms. The minimum atomic E-state index is -0.512. The first-order chi connectivity index (χ1) is 11.1. The van der Waals surface area contributed by atoms with E-state index in [0.29, 0.717) is 0 Å². The number of likely N-dealkylation sites (N-methyl/N-ethyl adjacent to an activating group) is 1. The Morgan fingerprint density at radius 1 is 1.04 bits per heavy atom. The van der Waals surface area contributed by atoms with Crippen molar-refractivity contribution in [3.8, 4) is 5.75 Å². The summed E-state index contributed by atoms with van der Waals surface area (Å²) >= 11 is 0. The Hall–Kier alpha value is -2.29. The molecule has 0 saturated carbocycles. The van der Waals surface area contributed by atoms with Gasteiger partial charge in [0.2, 0.25) is 0 Å². The summed E-state index contributed by atoms with van der Waals surface area (Å²) in [6, 6.07) is 15.9. The molecule has 0 N–H and O–H groups in total. The molecule has 1 aliphatic rings. The minimum Gasteiger partial charge on any atom is -0.481 e. The standard InChI is InChI=1S/C20H23NO2/c1-15(20(22)21(2)18-10-4-3-5-11-18)23-19-13-12-16-8-6-7-9-17(16)14-19/h3-5,10-15H,6-9H2,1-2H3/t15-/m0/s1. The summed E-state index contributed by atoms with van der Waals surface area (Å²) in [4.78, 5) is 14.2. The lowest BCUT2D eigenvalue weighted by molar-refractivity contribution is -0.124. The Morgan fingerprint density at radius 3 is 2.48 bits per heavy atom. The molecular weight excluding hydrogens is 286 g/mol. The molecule has 120 valence electrons. The summed E-state index contributed by atoms with van der Waals surface area (Å²) in [7, 11) is 1.78. The normalized spacial score (nSPS) is 14.7. The van der Waals surface area contributed by atoms with Crippen molar-refractivity contribution in [2.24, 2.45) is 0 Å². The monoisotopic (exact) mass is 309 g/mol. The maximum absolute atomic E-state index is 12.5. The Labute approximate surface area is 137 Å². The van der Waals surface area contributed by atoms with E-state index in [1.807, 2.05) is 36.4 Å². The third kappa shape index (κ3) is 3.55. The SMILES string of the molecule is C[C@H](Oc1ccc2c(c1)CCCC2)C(=O)N(C)c1ccccc1. The third-order valence-corrected chi connectivity index (χ3v) is 4.45. The predicted octanol–water partition coefficient (Wildman–Crippen LogP) is 4.00. The number of aryl methyl sites for hydroxylation is 2. The fraction of sp³-hybridized carbons (Fsp3) is 0.350. The topological polar surface area (TPSA) is 29.5 Å². The largest absolute Gasteiger partial charge is 0.481 e. The quantitative estimate of drug-likeness (QED) is 0.854. The molecule has 0 radical (unpaired) electrons. The Bertz CT molecular complexity index is 681. The number of rotatable bonds is 4. The zero-order chi connectivity index (χ0) is 16.2. The number of carbonyl (C=O) groups is 1. The Morgan fingerprint density at radius 2 is 1.74 bits per heavy atom. The van der Waals surface area contributed by atoms with Crippen LogP contribution in [0.15, 0.2) is 48.5 Å². The fourth-order valence-corrected chi connectivity index (χ4v) is 3.09. The second-order valence-corrected chi connectivity index (χ2v) is 6.13. The second kappa shape index (κ2) is 6.86. The number of fused-ring (bicyclic) bond motifs is 1. The van der Waals surface area contributed by atoms with Gasteiger partial charge in [0.1, 0.15) is 5.75 Å². The van der Waals surface area contributed by atoms with Gasteiger partial charge in [-0.3, -0.25) is 4.79 Å². The van der Waals surface area contributed by atoms with Crippen molar-refractivity contribution in [1.82, 2.24) is 0 Å². The van der Waals surface area contributed by atoms with Gasteiger partial charge < -0.3 is 9.64 Å². The molecule has 0 aromatic heterocycles. The average molecular weight is 309 g/mol. The van der Waals surface area contributed by atoms with E-state index in [1.165, 1.54) is 24.0 Å². The number of hydrogen-bond acceptors (Lipinski definition) is 2. The van der Waals surface area contributed by atoms with Crippen LogP contribution in [0.5, 0.6) is 5.75 Å². The van der Waals surface area contributed by atoms with E-state index in [0.717, 1.165) is 24.3 Å². The van der Waals surface area contributed by atoms with Gasteiger partial charge in [-0.25, -0.2) is 0 Å². The average Bonchev–Trinajstić information content (AvgIpc) is 2.61. The van der Waals surface area contributed by atoms with Crippen LogP contribution in [0.1, 0.15) is 30.9 Å². The van der Waals surface area contributed by atoms with Gasteiger partial charge in [-0.1, -0.05) is 24.3 Å². The van der Waals surface area contributed by atoms with E-state index in [9.17, 15) is 4.79 Å². The van der Waals surface area contributed by atoms with E-state index in [1.54, 1.807) is 18.9 Å². The summed E-state index contributed by atoms with van der Waals surface area (Å²) in [6.07, 6.45) is 4.26. The van der Waals surface area contributed by atoms with E-state index in [2.05, 4.69) is 12.1 Å². The van der Waals surface area contributed by atoms with Crippen molar-refractivity contribution in [2.45, 2.75) is 38.7 Å². The van der Waals surface area contributed by atoms with Gasteiger partial charge in [0.15, 0.2) is 6.10 Å². The molecule has 3 heteroatoms. The lowest BCUT2D eigenvalue weighted by Gasteiger charge is -2.23. The first-order valence-electron chi connectivity index (χ1n) is 8.26. The molecule has 3 rings (SSSR count). The number of para-hydroxylation sites is 1. The van der Waals surface area contributed by atoms with Gasteiger partial charge in [-0.05, 0) is 68.0 Å². The Kier molecular flexibility index (Phi) is 4.65. The minimum absolute atomic E-state index is 0.0473. The van der Waals surface area contributed by atoms with Gasteiger partial charge in [-0.15, -0.1) is 0 Å². The summed E-state index contributed by atoms with van der Waals surface area (Å²) in [5, 5.41) is 0. The molecule has 2 aromatic carbocycles. The van der Waals surface area contributed by atoms with Crippen molar-refractivity contribution in [3.63, 3.8) is 0 Å². The molecule has 0 saturated heterocycles. The van der Waals surface area contributed by atoms with E-state index in [4.69, 9.17) is 4.74 Å². The van der Waals surface area contributed by atoms with Gasteiger partial charge in [-0.2, -0.15) is 0 Å². The van der Waals surface area contributed by atoms with Gasteiger partial charge in [0, 0.05) is 12.7 Å².